The summed E-state index contributed by atoms with van der Waals surface area (Å²) in [4.78, 5) is 13.7. The molecule has 6 heteroatoms. The first-order chi connectivity index (χ1) is 8.64. The zero-order chi connectivity index (χ0) is 14.7. The van der Waals surface area contributed by atoms with Crippen LogP contribution in [0.2, 0.25) is 0 Å². The standard InChI is InChI=1S/C13H25NO4S/c1-5-19(16,17)10-11-8-6-7-9-14(11)12(15)18-13(2,3)4/h11H,5-10H2,1-4H3/t11-/m0/s1. The summed E-state index contributed by atoms with van der Waals surface area (Å²) in [6, 6.07) is -0.242. The first-order valence-corrected chi connectivity index (χ1v) is 8.67. The molecule has 1 amide bonds. The Bertz CT molecular complexity index is 411. The van der Waals surface area contributed by atoms with Gasteiger partial charge in [-0.05, 0) is 40.0 Å². The quantitative estimate of drug-likeness (QED) is 0.799. The summed E-state index contributed by atoms with van der Waals surface area (Å²) in [6.45, 7) is 7.65. The van der Waals surface area contributed by atoms with E-state index in [0.717, 1.165) is 19.3 Å². The topological polar surface area (TPSA) is 63.7 Å². The molecular formula is C13H25NO4S. The first kappa shape index (κ1) is 16.3. The van der Waals surface area contributed by atoms with Crippen molar-refractivity contribution in [3.63, 3.8) is 0 Å². The highest BCUT2D eigenvalue weighted by atomic mass is 32.2. The van der Waals surface area contributed by atoms with Crippen LogP contribution >= 0.6 is 0 Å². The number of hydrogen-bond acceptors (Lipinski definition) is 4. The van der Waals surface area contributed by atoms with Crippen molar-refractivity contribution in [3.05, 3.63) is 0 Å². The molecule has 1 rings (SSSR count). The van der Waals surface area contributed by atoms with Crippen molar-refractivity contribution in [3.8, 4) is 0 Å². The fourth-order valence-corrected chi connectivity index (χ4v) is 3.31. The van der Waals surface area contributed by atoms with E-state index in [0.29, 0.717) is 6.54 Å². The number of carbonyl (C=O) groups excluding carboxylic acids is 1. The van der Waals surface area contributed by atoms with Crippen LogP contribution in [0.15, 0.2) is 0 Å². The van der Waals surface area contributed by atoms with Gasteiger partial charge in [0.15, 0.2) is 9.84 Å². The normalized spacial score (nSPS) is 21.3. The van der Waals surface area contributed by atoms with Crippen molar-refractivity contribution in [1.29, 1.82) is 0 Å². The molecule has 0 aromatic rings. The van der Waals surface area contributed by atoms with Crippen LogP contribution in [0.5, 0.6) is 0 Å². The van der Waals surface area contributed by atoms with E-state index in [1.807, 2.05) is 20.8 Å². The molecule has 0 aromatic heterocycles. The van der Waals surface area contributed by atoms with Crippen molar-refractivity contribution in [2.75, 3.05) is 18.1 Å². The highest BCUT2D eigenvalue weighted by Crippen LogP contribution is 2.21. The van der Waals surface area contributed by atoms with Crippen LogP contribution in [0, 0.1) is 0 Å². The van der Waals surface area contributed by atoms with Crippen molar-refractivity contribution in [1.82, 2.24) is 4.90 Å². The summed E-state index contributed by atoms with van der Waals surface area (Å²) in [5, 5.41) is 0. The zero-order valence-corrected chi connectivity index (χ0v) is 13.1. The molecule has 5 nitrogen and oxygen atoms in total. The molecule has 0 radical (unpaired) electrons. The van der Waals surface area contributed by atoms with E-state index < -0.39 is 21.5 Å². The van der Waals surface area contributed by atoms with Gasteiger partial charge in [0.05, 0.1) is 5.75 Å². The summed E-state index contributed by atoms with van der Waals surface area (Å²) in [7, 11) is -3.08. The Morgan fingerprint density at radius 3 is 2.47 bits per heavy atom. The number of piperidine rings is 1. The van der Waals surface area contributed by atoms with Crippen LogP contribution < -0.4 is 0 Å². The maximum atomic E-state index is 12.1. The molecule has 0 aromatic carbocycles. The van der Waals surface area contributed by atoms with E-state index in [2.05, 4.69) is 0 Å². The highest BCUT2D eigenvalue weighted by molar-refractivity contribution is 7.91. The van der Waals surface area contributed by atoms with E-state index in [4.69, 9.17) is 4.74 Å². The molecule has 1 saturated heterocycles. The SMILES string of the molecule is CCS(=O)(=O)C[C@@H]1CCCCN1C(=O)OC(C)(C)C. The second kappa shape index (κ2) is 6.11. The predicted octanol–water partition coefficient (Wildman–Crippen LogP) is 2.21. The smallest absolute Gasteiger partial charge is 0.410 e. The average Bonchev–Trinajstić information content (AvgIpc) is 2.27. The highest BCUT2D eigenvalue weighted by Gasteiger charge is 2.32. The van der Waals surface area contributed by atoms with Crippen LogP contribution in [0.1, 0.15) is 47.0 Å². The summed E-state index contributed by atoms with van der Waals surface area (Å²) >= 11 is 0. The molecule has 1 aliphatic heterocycles. The number of rotatable bonds is 3. The van der Waals surface area contributed by atoms with Gasteiger partial charge in [0.25, 0.3) is 0 Å². The lowest BCUT2D eigenvalue weighted by Crippen LogP contribution is -2.49. The van der Waals surface area contributed by atoms with Crippen molar-refractivity contribution < 1.29 is 17.9 Å². The summed E-state index contributed by atoms with van der Waals surface area (Å²) in [5.41, 5.74) is -0.553. The van der Waals surface area contributed by atoms with Gasteiger partial charge in [0.1, 0.15) is 5.60 Å². The Morgan fingerprint density at radius 1 is 1.32 bits per heavy atom. The maximum Gasteiger partial charge on any atom is 0.410 e. The monoisotopic (exact) mass is 291 g/mol. The summed E-state index contributed by atoms with van der Waals surface area (Å²) < 4.78 is 28.8. The van der Waals surface area contributed by atoms with E-state index in [1.54, 1.807) is 11.8 Å². The van der Waals surface area contributed by atoms with Crippen molar-refractivity contribution in [2.45, 2.75) is 58.6 Å². The Balaban J connectivity index is 2.75. The Morgan fingerprint density at radius 2 is 1.95 bits per heavy atom. The van der Waals surface area contributed by atoms with Gasteiger partial charge in [-0.3, -0.25) is 0 Å². The molecule has 0 N–H and O–H groups in total. The van der Waals surface area contributed by atoms with Crippen molar-refractivity contribution in [2.24, 2.45) is 0 Å². The fourth-order valence-electron chi connectivity index (χ4n) is 2.15. The van der Waals surface area contributed by atoms with E-state index in [-0.39, 0.29) is 17.5 Å². The van der Waals surface area contributed by atoms with Gasteiger partial charge in [-0.15, -0.1) is 0 Å². The van der Waals surface area contributed by atoms with Gasteiger partial charge in [-0.2, -0.15) is 0 Å². The van der Waals surface area contributed by atoms with Crippen LogP contribution in [0.25, 0.3) is 0 Å². The lowest BCUT2D eigenvalue weighted by Gasteiger charge is -2.36. The molecule has 1 heterocycles. The Kier molecular flexibility index (Phi) is 5.24. The third kappa shape index (κ3) is 5.38. The van der Waals surface area contributed by atoms with Gasteiger partial charge >= 0.3 is 6.09 Å². The molecule has 0 unspecified atom stereocenters. The molecule has 19 heavy (non-hydrogen) atoms. The van der Waals surface area contributed by atoms with Gasteiger partial charge in [0.2, 0.25) is 0 Å². The molecule has 112 valence electrons. The van der Waals surface area contributed by atoms with Gasteiger partial charge in [0, 0.05) is 18.3 Å². The van der Waals surface area contributed by atoms with Crippen LogP contribution in [0.4, 0.5) is 4.79 Å². The number of carbonyl (C=O) groups is 1. The van der Waals surface area contributed by atoms with E-state index >= 15 is 0 Å². The molecule has 0 aliphatic carbocycles. The maximum absolute atomic E-state index is 12.1. The first-order valence-electron chi connectivity index (χ1n) is 6.84. The lowest BCUT2D eigenvalue weighted by atomic mass is 10.0. The van der Waals surface area contributed by atoms with Crippen molar-refractivity contribution >= 4 is 15.9 Å². The van der Waals surface area contributed by atoms with Gasteiger partial charge in [-0.1, -0.05) is 6.92 Å². The zero-order valence-electron chi connectivity index (χ0n) is 12.3. The molecule has 0 bridgehead atoms. The largest absolute Gasteiger partial charge is 0.444 e. The second-order valence-electron chi connectivity index (χ2n) is 6.02. The minimum atomic E-state index is -3.08. The number of hydrogen-bond donors (Lipinski definition) is 0. The molecule has 1 fully saturated rings. The summed E-state index contributed by atoms with van der Waals surface area (Å²) in [6.07, 6.45) is 2.20. The summed E-state index contributed by atoms with van der Waals surface area (Å²) in [5.74, 6) is 0.161. The minimum absolute atomic E-state index is 0.0444. The molecule has 0 spiro atoms. The molecule has 0 saturated carbocycles. The minimum Gasteiger partial charge on any atom is -0.444 e. The predicted molar refractivity (Wildman–Crippen MR) is 74.9 cm³/mol. The van der Waals surface area contributed by atoms with Crippen LogP contribution in [0.3, 0.4) is 0 Å². The Labute approximate surface area is 116 Å². The number of sulfone groups is 1. The molecular weight excluding hydrogens is 266 g/mol. The third-order valence-corrected chi connectivity index (χ3v) is 4.91. The van der Waals surface area contributed by atoms with E-state index in [9.17, 15) is 13.2 Å². The average molecular weight is 291 g/mol. The fraction of sp³-hybridized carbons (Fsp3) is 0.923. The number of likely N-dealkylation sites (tertiary alicyclic amines) is 1. The number of amides is 1. The van der Waals surface area contributed by atoms with Crippen LogP contribution in [-0.4, -0.2) is 49.1 Å². The number of nitrogens with zero attached hydrogens (tertiary/aromatic N) is 1. The van der Waals surface area contributed by atoms with Gasteiger partial charge < -0.3 is 9.64 Å². The molecule has 1 aliphatic rings. The van der Waals surface area contributed by atoms with Gasteiger partial charge in [-0.25, -0.2) is 13.2 Å². The van der Waals surface area contributed by atoms with Crippen LogP contribution in [-0.2, 0) is 14.6 Å². The molecule has 1 atom stereocenters. The second-order valence-corrected chi connectivity index (χ2v) is 8.42. The number of ether oxygens (including phenoxy) is 1. The lowest BCUT2D eigenvalue weighted by molar-refractivity contribution is 0.0124. The Hall–Kier alpha value is -0.780. The third-order valence-electron chi connectivity index (χ3n) is 3.14. The van der Waals surface area contributed by atoms with E-state index in [1.165, 1.54) is 0 Å².